The van der Waals surface area contributed by atoms with Crippen LogP contribution in [0.1, 0.15) is 39.5 Å². The van der Waals surface area contributed by atoms with Crippen LogP contribution in [-0.2, 0) is 9.53 Å². The van der Waals surface area contributed by atoms with Crippen molar-refractivity contribution in [3.63, 3.8) is 0 Å². The van der Waals surface area contributed by atoms with E-state index < -0.39 is 6.67 Å². The van der Waals surface area contributed by atoms with E-state index in [2.05, 4.69) is 0 Å². The van der Waals surface area contributed by atoms with Crippen LogP contribution in [-0.4, -0.2) is 43.3 Å². The van der Waals surface area contributed by atoms with Crippen molar-refractivity contribution < 1.29 is 13.9 Å². The number of amides is 1. The van der Waals surface area contributed by atoms with Gasteiger partial charge >= 0.3 is 0 Å². The number of rotatable bonds is 5. The minimum atomic E-state index is -0.450. The number of nitrogens with zero attached hydrogens (tertiary/aromatic N) is 1. The summed E-state index contributed by atoms with van der Waals surface area (Å²) in [5.74, 6) is 0.297. The molecule has 1 amide bonds. The topological polar surface area (TPSA) is 29.5 Å². The van der Waals surface area contributed by atoms with E-state index >= 15 is 0 Å². The first-order valence-corrected chi connectivity index (χ1v) is 7.09. The number of halogens is 1. The Bertz CT molecular complexity index is 302. The molecule has 0 aromatic rings. The summed E-state index contributed by atoms with van der Waals surface area (Å²) in [6.45, 7) is 5.60. The fraction of sp³-hybridized carbons (Fsp3) is 0.929. The zero-order chi connectivity index (χ0) is 13.2. The van der Waals surface area contributed by atoms with Crippen LogP contribution in [0.4, 0.5) is 4.39 Å². The molecular weight excluding hydrogens is 233 g/mol. The summed E-state index contributed by atoms with van der Waals surface area (Å²) >= 11 is 0. The van der Waals surface area contributed by atoms with Gasteiger partial charge < -0.3 is 9.64 Å². The van der Waals surface area contributed by atoms with E-state index in [1.54, 1.807) is 11.8 Å². The molecule has 0 radical (unpaired) electrons. The number of ether oxygens (including phenoxy) is 1. The van der Waals surface area contributed by atoms with Crippen LogP contribution in [0.15, 0.2) is 0 Å². The minimum absolute atomic E-state index is 0.127. The van der Waals surface area contributed by atoms with E-state index in [4.69, 9.17) is 4.74 Å². The van der Waals surface area contributed by atoms with Crippen molar-refractivity contribution in [2.75, 3.05) is 26.4 Å². The van der Waals surface area contributed by atoms with E-state index in [1.165, 1.54) is 0 Å². The Morgan fingerprint density at radius 1 is 1.50 bits per heavy atom. The van der Waals surface area contributed by atoms with Crippen LogP contribution in [0.3, 0.4) is 0 Å². The van der Waals surface area contributed by atoms with Crippen molar-refractivity contribution in [3.05, 3.63) is 0 Å². The number of carbonyl (C=O) groups is 1. The van der Waals surface area contributed by atoms with E-state index in [-0.39, 0.29) is 23.3 Å². The molecular formula is C14H24FNO2. The van der Waals surface area contributed by atoms with Crippen LogP contribution in [0.2, 0.25) is 0 Å². The number of hydrogen-bond donors (Lipinski definition) is 0. The minimum Gasteiger partial charge on any atom is -0.381 e. The highest BCUT2D eigenvalue weighted by atomic mass is 19.1. The lowest BCUT2D eigenvalue weighted by molar-refractivity contribution is -0.136. The average Bonchev–Trinajstić information content (AvgIpc) is 3.08. The third-order valence-corrected chi connectivity index (χ3v) is 4.48. The Hall–Kier alpha value is -0.640. The predicted molar refractivity (Wildman–Crippen MR) is 68.0 cm³/mol. The zero-order valence-electron chi connectivity index (χ0n) is 11.5. The van der Waals surface area contributed by atoms with Crippen LogP contribution in [0.25, 0.3) is 0 Å². The highest BCUT2D eigenvalue weighted by Crippen LogP contribution is 2.59. The van der Waals surface area contributed by atoms with Crippen molar-refractivity contribution in [2.24, 2.45) is 11.3 Å². The van der Waals surface area contributed by atoms with E-state index in [0.717, 1.165) is 38.9 Å². The second kappa shape index (κ2) is 5.55. The van der Waals surface area contributed by atoms with Crippen molar-refractivity contribution >= 4 is 5.91 Å². The molecule has 1 aliphatic heterocycles. The fourth-order valence-electron chi connectivity index (χ4n) is 3.10. The SMILES string of the molecule is CCCN(C(=O)C1CC12CCOCC2)C(C)CF. The summed E-state index contributed by atoms with van der Waals surface area (Å²) in [6.07, 6.45) is 3.86. The second-order valence-electron chi connectivity index (χ2n) is 5.77. The Kier molecular flexibility index (Phi) is 4.25. The highest BCUT2D eigenvalue weighted by Gasteiger charge is 2.59. The lowest BCUT2D eigenvalue weighted by atomic mass is 9.93. The lowest BCUT2D eigenvalue weighted by Gasteiger charge is -2.29. The Balaban J connectivity index is 1.97. The van der Waals surface area contributed by atoms with Crippen LogP contribution < -0.4 is 0 Å². The van der Waals surface area contributed by atoms with Gasteiger partial charge in [-0.1, -0.05) is 6.92 Å². The Labute approximate surface area is 109 Å². The van der Waals surface area contributed by atoms with Gasteiger partial charge in [0, 0.05) is 25.7 Å². The van der Waals surface area contributed by atoms with Gasteiger partial charge in [-0.2, -0.15) is 0 Å². The van der Waals surface area contributed by atoms with Gasteiger partial charge in [-0.3, -0.25) is 4.79 Å². The summed E-state index contributed by atoms with van der Waals surface area (Å²) in [4.78, 5) is 14.2. The summed E-state index contributed by atoms with van der Waals surface area (Å²) in [6, 6.07) is -0.282. The molecule has 2 rings (SSSR count). The first kappa shape index (κ1) is 13.8. The van der Waals surface area contributed by atoms with Crippen molar-refractivity contribution in [2.45, 2.75) is 45.6 Å². The summed E-state index contributed by atoms with van der Waals surface area (Å²) in [5, 5.41) is 0. The van der Waals surface area contributed by atoms with Crippen molar-refractivity contribution in [1.82, 2.24) is 4.90 Å². The molecule has 1 spiro atoms. The maximum atomic E-state index is 12.8. The molecule has 2 fully saturated rings. The summed E-state index contributed by atoms with van der Waals surface area (Å²) in [5.41, 5.74) is 0.192. The molecule has 3 nitrogen and oxygen atoms in total. The van der Waals surface area contributed by atoms with Gasteiger partial charge in [-0.05, 0) is 38.0 Å². The molecule has 0 N–H and O–H groups in total. The van der Waals surface area contributed by atoms with Gasteiger partial charge in [0.1, 0.15) is 6.67 Å². The molecule has 0 aromatic heterocycles. The molecule has 2 unspecified atom stereocenters. The molecule has 1 saturated heterocycles. The van der Waals surface area contributed by atoms with Crippen LogP contribution >= 0.6 is 0 Å². The molecule has 0 aromatic carbocycles. The fourth-order valence-corrected chi connectivity index (χ4v) is 3.10. The molecule has 4 heteroatoms. The van der Waals surface area contributed by atoms with Gasteiger partial charge in [0.25, 0.3) is 0 Å². The first-order valence-electron chi connectivity index (χ1n) is 7.09. The molecule has 2 aliphatic rings. The van der Waals surface area contributed by atoms with Gasteiger partial charge in [0.2, 0.25) is 5.91 Å². The maximum Gasteiger partial charge on any atom is 0.226 e. The quantitative estimate of drug-likeness (QED) is 0.757. The van der Waals surface area contributed by atoms with E-state index in [9.17, 15) is 9.18 Å². The molecule has 1 heterocycles. The third kappa shape index (κ3) is 2.53. The van der Waals surface area contributed by atoms with Gasteiger partial charge in [0.05, 0.1) is 6.04 Å². The highest BCUT2D eigenvalue weighted by molar-refractivity contribution is 5.83. The van der Waals surface area contributed by atoms with Gasteiger partial charge in [-0.15, -0.1) is 0 Å². The molecule has 18 heavy (non-hydrogen) atoms. The summed E-state index contributed by atoms with van der Waals surface area (Å²) < 4.78 is 18.2. The molecule has 104 valence electrons. The molecule has 0 bridgehead atoms. The largest absolute Gasteiger partial charge is 0.381 e. The summed E-state index contributed by atoms with van der Waals surface area (Å²) in [7, 11) is 0. The first-order chi connectivity index (χ1) is 8.64. The normalized spacial score (nSPS) is 26.9. The van der Waals surface area contributed by atoms with Crippen LogP contribution in [0, 0.1) is 11.3 Å². The average molecular weight is 257 g/mol. The Morgan fingerprint density at radius 3 is 2.72 bits per heavy atom. The second-order valence-corrected chi connectivity index (χ2v) is 5.77. The number of hydrogen-bond acceptors (Lipinski definition) is 2. The van der Waals surface area contributed by atoms with Crippen molar-refractivity contribution in [1.29, 1.82) is 0 Å². The van der Waals surface area contributed by atoms with Gasteiger partial charge in [0.15, 0.2) is 0 Å². The predicted octanol–water partition coefficient (Wildman–Crippen LogP) is 2.40. The standard InChI is InChI=1S/C14H24FNO2/c1-3-6-16(11(2)10-15)13(17)12-9-14(12)4-7-18-8-5-14/h11-12H,3-10H2,1-2H3. The smallest absolute Gasteiger partial charge is 0.226 e. The van der Waals surface area contributed by atoms with E-state index in [1.807, 2.05) is 6.92 Å². The molecule has 2 atom stereocenters. The monoisotopic (exact) mass is 257 g/mol. The van der Waals surface area contributed by atoms with E-state index in [0.29, 0.717) is 6.54 Å². The number of alkyl halides is 1. The number of carbonyl (C=O) groups excluding carboxylic acids is 1. The van der Waals surface area contributed by atoms with Crippen LogP contribution in [0.5, 0.6) is 0 Å². The zero-order valence-corrected chi connectivity index (χ0v) is 11.5. The Morgan fingerprint density at radius 2 is 2.17 bits per heavy atom. The third-order valence-electron chi connectivity index (χ3n) is 4.48. The lowest BCUT2D eigenvalue weighted by Crippen LogP contribution is -2.42. The molecule has 1 saturated carbocycles. The van der Waals surface area contributed by atoms with Gasteiger partial charge in [-0.25, -0.2) is 4.39 Å². The van der Waals surface area contributed by atoms with Crippen molar-refractivity contribution in [3.8, 4) is 0 Å². The maximum absolute atomic E-state index is 12.8. The molecule has 1 aliphatic carbocycles.